The lowest BCUT2D eigenvalue weighted by atomic mass is 10.1. The largest absolute Gasteiger partial charge is 0.361 e. The van der Waals surface area contributed by atoms with Crippen LogP contribution in [0.5, 0.6) is 0 Å². The van der Waals surface area contributed by atoms with Crippen LogP contribution in [0.2, 0.25) is 0 Å². The summed E-state index contributed by atoms with van der Waals surface area (Å²) in [6.45, 7) is 0. The summed E-state index contributed by atoms with van der Waals surface area (Å²) in [5, 5.41) is 3.56. The number of H-pyrrole nitrogens is 1. The average Bonchev–Trinajstić information content (AvgIpc) is 2.81. The number of benzene rings is 2. The highest BCUT2D eigenvalue weighted by Gasteiger charge is 2.10. The van der Waals surface area contributed by atoms with Crippen molar-refractivity contribution >= 4 is 38.4 Å². The average molecular weight is 347 g/mol. The van der Waals surface area contributed by atoms with E-state index in [1.54, 1.807) is 12.3 Å². The Bertz CT molecular complexity index is 813. The van der Waals surface area contributed by atoms with E-state index >= 15 is 0 Å². The van der Waals surface area contributed by atoms with Crippen LogP contribution in [-0.4, -0.2) is 10.9 Å². The maximum atomic E-state index is 13.3. The lowest BCUT2D eigenvalue weighted by Gasteiger charge is -2.05. The number of nitrogens with one attached hydrogen (secondary N) is 2. The SMILES string of the molecule is O=C(Cc1c[nH]c2ccc(F)cc12)Nc1cccc(Br)c1. The van der Waals surface area contributed by atoms with Crippen LogP contribution < -0.4 is 5.32 Å². The molecule has 3 aromatic rings. The Labute approximate surface area is 129 Å². The molecule has 3 rings (SSSR count). The minimum Gasteiger partial charge on any atom is -0.361 e. The number of rotatable bonds is 3. The molecule has 2 aromatic carbocycles. The van der Waals surface area contributed by atoms with Gasteiger partial charge in [-0.3, -0.25) is 4.79 Å². The second kappa shape index (κ2) is 5.69. The number of hydrogen-bond donors (Lipinski definition) is 2. The highest BCUT2D eigenvalue weighted by molar-refractivity contribution is 9.10. The van der Waals surface area contributed by atoms with Gasteiger partial charge in [0.1, 0.15) is 5.82 Å². The molecule has 0 atom stereocenters. The van der Waals surface area contributed by atoms with Crippen molar-refractivity contribution in [1.82, 2.24) is 4.98 Å². The lowest BCUT2D eigenvalue weighted by Crippen LogP contribution is -2.14. The van der Waals surface area contributed by atoms with Crippen LogP contribution in [0, 0.1) is 5.82 Å². The molecule has 0 spiro atoms. The van der Waals surface area contributed by atoms with E-state index in [-0.39, 0.29) is 18.1 Å². The van der Waals surface area contributed by atoms with Gasteiger partial charge >= 0.3 is 0 Å². The summed E-state index contributed by atoms with van der Waals surface area (Å²) in [7, 11) is 0. The zero-order valence-electron chi connectivity index (χ0n) is 11.0. The number of carbonyl (C=O) groups is 1. The van der Waals surface area contributed by atoms with Crippen LogP contribution >= 0.6 is 15.9 Å². The summed E-state index contributed by atoms with van der Waals surface area (Å²) >= 11 is 3.36. The zero-order valence-corrected chi connectivity index (χ0v) is 12.6. The fourth-order valence-corrected chi connectivity index (χ4v) is 2.64. The first-order chi connectivity index (χ1) is 10.1. The molecule has 2 N–H and O–H groups in total. The van der Waals surface area contributed by atoms with Crippen molar-refractivity contribution in [2.24, 2.45) is 0 Å². The van der Waals surface area contributed by atoms with Gasteiger partial charge in [0, 0.05) is 27.3 Å². The number of amides is 1. The standard InChI is InChI=1S/C16H12BrFN2O/c17-11-2-1-3-13(7-11)20-16(21)6-10-9-19-15-5-4-12(18)8-14(10)15/h1-5,7-9,19H,6H2,(H,20,21). The van der Waals surface area contributed by atoms with Crippen LogP contribution in [0.3, 0.4) is 0 Å². The predicted octanol–water partition coefficient (Wildman–Crippen LogP) is 4.25. The van der Waals surface area contributed by atoms with Gasteiger partial charge in [0.25, 0.3) is 0 Å². The molecule has 0 aliphatic carbocycles. The Kier molecular flexibility index (Phi) is 3.75. The third-order valence-electron chi connectivity index (χ3n) is 3.19. The van der Waals surface area contributed by atoms with Gasteiger partial charge in [0.05, 0.1) is 6.42 Å². The minimum atomic E-state index is -0.309. The minimum absolute atomic E-state index is 0.140. The first kappa shape index (κ1) is 13.8. The molecule has 0 saturated heterocycles. The van der Waals surface area contributed by atoms with Crippen molar-refractivity contribution in [3.8, 4) is 0 Å². The van der Waals surface area contributed by atoms with Gasteiger partial charge in [0.15, 0.2) is 0 Å². The number of aromatic nitrogens is 1. The first-order valence-electron chi connectivity index (χ1n) is 6.43. The molecular formula is C16H12BrFN2O. The van der Waals surface area contributed by atoms with Gasteiger partial charge in [-0.25, -0.2) is 4.39 Å². The van der Waals surface area contributed by atoms with Gasteiger partial charge in [-0.2, -0.15) is 0 Å². The normalized spacial score (nSPS) is 10.8. The molecule has 0 fully saturated rings. The first-order valence-corrected chi connectivity index (χ1v) is 7.22. The third kappa shape index (κ3) is 3.13. The molecule has 0 radical (unpaired) electrons. The second-order valence-electron chi connectivity index (χ2n) is 4.74. The van der Waals surface area contributed by atoms with Gasteiger partial charge in [-0.15, -0.1) is 0 Å². The van der Waals surface area contributed by atoms with Crippen LogP contribution in [0.1, 0.15) is 5.56 Å². The van der Waals surface area contributed by atoms with E-state index in [2.05, 4.69) is 26.2 Å². The molecule has 1 aromatic heterocycles. The van der Waals surface area contributed by atoms with E-state index in [0.29, 0.717) is 0 Å². The van der Waals surface area contributed by atoms with Crippen molar-refractivity contribution in [3.05, 3.63) is 64.5 Å². The Morgan fingerprint density at radius 2 is 2.10 bits per heavy atom. The summed E-state index contributed by atoms with van der Waals surface area (Å²) in [5.74, 6) is -0.450. The molecule has 3 nitrogen and oxygen atoms in total. The molecule has 1 amide bonds. The molecule has 0 saturated carbocycles. The smallest absolute Gasteiger partial charge is 0.228 e. The van der Waals surface area contributed by atoms with E-state index in [4.69, 9.17) is 0 Å². The lowest BCUT2D eigenvalue weighted by molar-refractivity contribution is -0.115. The fraction of sp³-hybridized carbons (Fsp3) is 0.0625. The summed E-state index contributed by atoms with van der Waals surface area (Å²) < 4.78 is 14.2. The summed E-state index contributed by atoms with van der Waals surface area (Å²) in [6, 6.07) is 11.9. The molecular weight excluding hydrogens is 335 g/mol. The van der Waals surface area contributed by atoms with Gasteiger partial charge in [-0.1, -0.05) is 22.0 Å². The fourth-order valence-electron chi connectivity index (χ4n) is 2.24. The molecule has 0 bridgehead atoms. The second-order valence-corrected chi connectivity index (χ2v) is 5.65. The van der Waals surface area contributed by atoms with E-state index in [1.807, 2.05) is 24.3 Å². The number of fused-ring (bicyclic) bond motifs is 1. The van der Waals surface area contributed by atoms with Crippen molar-refractivity contribution in [3.63, 3.8) is 0 Å². The Hall–Kier alpha value is -2.14. The van der Waals surface area contributed by atoms with Crippen LogP contribution in [0.4, 0.5) is 10.1 Å². The molecule has 0 aliphatic rings. The van der Waals surface area contributed by atoms with Crippen molar-refractivity contribution < 1.29 is 9.18 Å². The van der Waals surface area contributed by atoms with Crippen LogP contribution in [-0.2, 0) is 11.2 Å². The third-order valence-corrected chi connectivity index (χ3v) is 3.68. The predicted molar refractivity (Wildman–Crippen MR) is 84.7 cm³/mol. The van der Waals surface area contributed by atoms with Crippen molar-refractivity contribution in [2.75, 3.05) is 5.32 Å². The number of carbonyl (C=O) groups excluding carboxylic acids is 1. The number of anilines is 1. The molecule has 1 heterocycles. The van der Waals surface area contributed by atoms with Gasteiger partial charge in [-0.05, 0) is 42.0 Å². The molecule has 0 unspecified atom stereocenters. The topological polar surface area (TPSA) is 44.9 Å². The summed E-state index contributed by atoms with van der Waals surface area (Å²) in [5.41, 5.74) is 2.32. The monoisotopic (exact) mass is 346 g/mol. The Balaban J connectivity index is 1.79. The van der Waals surface area contributed by atoms with E-state index in [9.17, 15) is 9.18 Å². The van der Waals surface area contributed by atoms with E-state index in [0.717, 1.165) is 26.6 Å². The molecule has 21 heavy (non-hydrogen) atoms. The Morgan fingerprint density at radius 3 is 2.90 bits per heavy atom. The number of aromatic amines is 1. The van der Waals surface area contributed by atoms with Gasteiger partial charge in [0.2, 0.25) is 5.91 Å². The van der Waals surface area contributed by atoms with Crippen LogP contribution in [0.15, 0.2) is 53.1 Å². The van der Waals surface area contributed by atoms with Crippen molar-refractivity contribution in [2.45, 2.75) is 6.42 Å². The molecule has 5 heteroatoms. The molecule has 0 aliphatic heterocycles. The zero-order chi connectivity index (χ0) is 14.8. The summed E-state index contributed by atoms with van der Waals surface area (Å²) in [4.78, 5) is 15.1. The maximum absolute atomic E-state index is 13.3. The quantitative estimate of drug-likeness (QED) is 0.731. The highest BCUT2D eigenvalue weighted by atomic mass is 79.9. The van der Waals surface area contributed by atoms with Crippen LogP contribution in [0.25, 0.3) is 10.9 Å². The summed E-state index contributed by atoms with van der Waals surface area (Å²) in [6.07, 6.45) is 1.93. The highest BCUT2D eigenvalue weighted by Crippen LogP contribution is 2.21. The maximum Gasteiger partial charge on any atom is 0.228 e. The van der Waals surface area contributed by atoms with Gasteiger partial charge < -0.3 is 10.3 Å². The van der Waals surface area contributed by atoms with Crippen molar-refractivity contribution in [1.29, 1.82) is 0 Å². The van der Waals surface area contributed by atoms with E-state index < -0.39 is 0 Å². The van der Waals surface area contributed by atoms with E-state index in [1.165, 1.54) is 12.1 Å². The molecule has 106 valence electrons. The number of hydrogen-bond acceptors (Lipinski definition) is 1. The Morgan fingerprint density at radius 1 is 1.24 bits per heavy atom. The number of halogens is 2.